The molecular formula is C12H13F2N3S. The van der Waals surface area contributed by atoms with Crippen molar-refractivity contribution in [1.29, 1.82) is 0 Å². The molecule has 1 aromatic carbocycles. The molecule has 6 heteroatoms. The molecule has 0 saturated heterocycles. The van der Waals surface area contributed by atoms with Crippen LogP contribution in [0.3, 0.4) is 0 Å². The summed E-state index contributed by atoms with van der Waals surface area (Å²) < 4.78 is 25.7. The molecule has 0 unspecified atom stereocenters. The van der Waals surface area contributed by atoms with Crippen molar-refractivity contribution in [3.8, 4) is 0 Å². The van der Waals surface area contributed by atoms with E-state index in [0.29, 0.717) is 17.9 Å². The van der Waals surface area contributed by atoms with Gasteiger partial charge in [-0.1, -0.05) is 0 Å². The van der Waals surface area contributed by atoms with Gasteiger partial charge in [-0.05, 0) is 25.1 Å². The van der Waals surface area contributed by atoms with E-state index < -0.39 is 6.43 Å². The number of aryl methyl sites for hydroxylation is 1. The van der Waals surface area contributed by atoms with Crippen LogP contribution in [0.4, 0.5) is 20.2 Å². The van der Waals surface area contributed by atoms with E-state index >= 15 is 0 Å². The number of alkyl halides is 2. The van der Waals surface area contributed by atoms with E-state index in [1.807, 2.05) is 12.3 Å². The number of nitrogen functional groups attached to an aromatic ring is 1. The topological polar surface area (TPSA) is 50.9 Å². The van der Waals surface area contributed by atoms with Gasteiger partial charge in [0, 0.05) is 28.0 Å². The molecule has 1 aromatic heterocycles. The molecule has 0 fully saturated rings. The molecule has 0 amide bonds. The predicted molar refractivity (Wildman–Crippen MR) is 70.0 cm³/mol. The zero-order chi connectivity index (χ0) is 13.1. The van der Waals surface area contributed by atoms with E-state index in [1.165, 1.54) is 17.4 Å². The Morgan fingerprint density at radius 3 is 2.83 bits per heavy atom. The van der Waals surface area contributed by atoms with Crippen molar-refractivity contribution in [1.82, 2.24) is 4.98 Å². The maximum atomic E-state index is 12.8. The number of nitrogens with two attached hydrogens (primary N) is 1. The molecule has 3 nitrogen and oxygen atoms in total. The predicted octanol–water partition coefficient (Wildman–Crippen LogP) is 3.58. The molecule has 0 bridgehead atoms. The standard InChI is InChI=1S/C12H13F2N3S/c1-7-6-18-11(17-7)5-16-10-3-2-8(15)4-9(10)12(13)14/h2-4,6,12,16H,5,15H2,1H3. The molecule has 0 saturated carbocycles. The van der Waals surface area contributed by atoms with E-state index in [4.69, 9.17) is 5.73 Å². The number of rotatable bonds is 4. The SMILES string of the molecule is Cc1csc(CNc2ccc(N)cc2C(F)F)n1. The number of thiazole rings is 1. The molecule has 0 aliphatic heterocycles. The van der Waals surface area contributed by atoms with Gasteiger partial charge in [0.05, 0.1) is 6.54 Å². The molecule has 0 radical (unpaired) electrons. The Morgan fingerprint density at radius 1 is 1.44 bits per heavy atom. The summed E-state index contributed by atoms with van der Waals surface area (Å²) in [5.41, 5.74) is 7.09. The summed E-state index contributed by atoms with van der Waals surface area (Å²) in [7, 11) is 0. The molecule has 18 heavy (non-hydrogen) atoms. The Labute approximate surface area is 108 Å². The van der Waals surface area contributed by atoms with Gasteiger partial charge in [-0.3, -0.25) is 0 Å². The van der Waals surface area contributed by atoms with E-state index in [2.05, 4.69) is 10.3 Å². The number of nitrogens with one attached hydrogen (secondary N) is 1. The van der Waals surface area contributed by atoms with Crippen molar-refractivity contribution in [3.05, 3.63) is 39.8 Å². The van der Waals surface area contributed by atoms with Gasteiger partial charge in [0.2, 0.25) is 0 Å². The van der Waals surface area contributed by atoms with Gasteiger partial charge in [0.25, 0.3) is 6.43 Å². The number of hydrogen-bond donors (Lipinski definition) is 2. The van der Waals surface area contributed by atoms with Crippen LogP contribution in [-0.2, 0) is 6.54 Å². The monoisotopic (exact) mass is 269 g/mol. The molecule has 2 rings (SSSR count). The highest BCUT2D eigenvalue weighted by Crippen LogP contribution is 2.29. The van der Waals surface area contributed by atoms with Gasteiger partial charge in [-0.25, -0.2) is 13.8 Å². The highest BCUT2D eigenvalue weighted by molar-refractivity contribution is 7.09. The number of benzene rings is 1. The lowest BCUT2D eigenvalue weighted by Gasteiger charge is -2.11. The van der Waals surface area contributed by atoms with Gasteiger partial charge >= 0.3 is 0 Å². The van der Waals surface area contributed by atoms with Crippen LogP contribution in [0, 0.1) is 6.92 Å². The second-order valence-electron chi connectivity index (χ2n) is 3.88. The lowest BCUT2D eigenvalue weighted by atomic mass is 10.1. The van der Waals surface area contributed by atoms with Crippen LogP contribution in [0.15, 0.2) is 23.6 Å². The van der Waals surface area contributed by atoms with E-state index in [9.17, 15) is 8.78 Å². The Hall–Kier alpha value is -1.69. The van der Waals surface area contributed by atoms with Crippen molar-refractivity contribution in [2.75, 3.05) is 11.1 Å². The highest BCUT2D eigenvalue weighted by atomic mass is 32.1. The largest absolute Gasteiger partial charge is 0.399 e. The van der Waals surface area contributed by atoms with Crippen molar-refractivity contribution >= 4 is 22.7 Å². The van der Waals surface area contributed by atoms with Crippen LogP contribution in [0.5, 0.6) is 0 Å². The molecule has 0 aliphatic rings. The van der Waals surface area contributed by atoms with Gasteiger partial charge < -0.3 is 11.1 Å². The molecule has 0 atom stereocenters. The Kier molecular flexibility index (Phi) is 3.76. The van der Waals surface area contributed by atoms with Crippen LogP contribution in [0.1, 0.15) is 22.7 Å². The van der Waals surface area contributed by atoms with Crippen molar-refractivity contribution < 1.29 is 8.78 Å². The first-order chi connectivity index (χ1) is 8.56. The minimum Gasteiger partial charge on any atom is -0.399 e. The fourth-order valence-corrected chi connectivity index (χ4v) is 2.29. The van der Waals surface area contributed by atoms with E-state index in [0.717, 1.165) is 10.7 Å². The first-order valence-corrected chi connectivity index (χ1v) is 6.26. The summed E-state index contributed by atoms with van der Waals surface area (Å²) in [6.07, 6.45) is -2.55. The quantitative estimate of drug-likeness (QED) is 0.834. The summed E-state index contributed by atoms with van der Waals surface area (Å²) in [5, 5.41) is 5.75. The van der Waals surface area contributed by atoms with Crippen LogP contribution < -0.4 is 11.1 Å². The van der Waals surface area contributed by atoms with Crippen LogP contribution >= 0.6 is 11.3 Å². The van der Waals surface area contributed by atoms with Gasteiger partial charge in [0.1, 0.15) is 5.01 Å². The lowest BCUT2D eigenvalue weighted by molar-refractivity contribution is 0.152. The van der Waals surface area contributed by atoms with Crippen molar-refractivity contribution in [3.63, 3.8) is 0 Å². The third-order valence-electron chi connectivity index (χ3n) is 2.41. The van der Waals surface area contributed by atoms with E-state index in [-0.39, 0.29) is 5.56 Å². The second-order valence-corrected chi connectivity index (χ2v) is 4.83. The van der Waals surface area contributed by atoms with Gasteiger partial charge in [-0.2, -0.15) is 0 Å². The van der Waals surface area contributed by atoms with E-state index in [1.54, 1.807) is 12.1 Å². The van der Waals surface area contributed by atoms with Crippen molar-refractivity contribution in [2.45, 2.75) is 19.9 Å². The number of halogens is 2. The molecule has 2 aromatic rings. The lowest BCUT2D eigenvalue weighted by Crippen LogP contribution is -2.03. The average molecular weight is 269 g/mol. The first kappa shape index (κ1) is 12.8. The summed E-state index contributed by atoms with van der Waals surface area (Å²) in [6.45, 7) is 2.33. The summed E-state index contributed by atoms with van der Waals surface area (Å²) in [6, 6.07) is 4.46. The third-order valence-corrected chi connectivity index (χ3v) is 3.37. The summed E-state index contributed by atoms with van der Waals surface area (Å²) >= 11 is 1.50. The molecule has 0 aliphatic carbocycles. The number of aromatic nitrogens is 1. The molecular weight excluding hydrogens is 256 g/mol. The minimum absolute atomic E-state index is 0.0803. The van der Waals surface area contributed by atoms with Crippen LogP contribution in [-0.4, -0.2) is 4.98 Å². The van der Waals surface area contributed by atoms with Gasteiger partial charge in [0.15, 0.2) is 0 Å². The zero-order valence-electron chi connectivity index (χ0n) is 9.78. The first-order valence-electron chi connectivity index (χ1n) is 5.38. The van der Waals surface area contributed by atoms with Crippen LogP contribution in [0.25, 0.3) is 0 Å². The number of hydrogen-bond acceptors (Lipinski definition) is 4. The molecule has 96 valence electrons. The second kappa shape index (κ2) is 5.30. The normalized spacial score (nSPS) is 10.9. The fourth-order valence-electron chi connectivity index (χ4n) is 1.58. The number of nitrogens with zero attached hydrogens (tertiary/aromatic N) is 1. The Bertz CT molecular complexity index is 540. The number of anilines is 2. The molecule has 1 heterocycles. The van der Waals surface area contributed by atoms with Crippen LogP contribution in [0.2, 0.25) is 0 Å². The summed E-state index contributed by atoms with van der Waals surface area (Å²) in [4.78, 5) is 4.26. The maximum absolute atomic E-state index is 12.8. The fraction of sp³-hybridized carbons (Fsp3) is 0.250. The molecule has 3 N–H and O–H groups in total. The maximum Gasteiger partial charge on any atom is 0.265 e. The van der Waals surface area contributed by atoms with Crippen molar-refractivity contribution in [2.24, 2.45) is 0 Å². The van der Waals surface area contributed by atoms with Gasteiger partial charge in [-0.15, -0.1) is 11.3 Å². The molecule has 0 spiro atoms. The average Bonchev–Trinajstić information content (AvgIpc) is 2.73. The Morgan fingerprint density at radius 2 is 2.22 bits per heavy atom. The smallest absolute Gasteiger partial charge is 0.265 e. The zero-order valence-corrected chi connectivity index (χ0v) is 10.6. The third kappa shape index (κ3) is 2.95. The Balaban J connectivity index is 2.13. The highest BCUT2D eigenvalue weighted by Gasteiger charge is 2.13. The summed E-state index contributed by atoms with van der Waals surface area (Å²) in [5.74, 6) is 0. The minimum atomic E-state index is -2.55.